The first-order valence-electron chi connectivity index (χ1n) is 4.85. The van der Waals surface area contributed by atoms with Crippen molar-refractivity contribution in [2.75, 3.05) is 5.73 Å². The van der Waals surface area contributed by atoms with Gasteiger partial charge in [-0.05, 0) is 30.3 Å². The summed E-state index contributed by atoms with van der Waals surface area (Å²) in [7, 11) is 0. The quantitative estimate of drug-likeness (QED) is 0.722. The van der Waals surface area contributed by atoms with Gasteiger partial charge in [-0.3, -0.25) is 0 Å². The Labute approximate surface area is 124 Å². The smallest absolute Gasteiger partial charge is 0.170 e. The van der Waals surface area contributed by atoms with Crippen LogP contribution >= 0.6 is 46.4 Å². The van der Waals surface area contributed by atoms with Crippen LogP contribution in [0.1, 0.15) is 0 Å². The molecule has 2 rings (SSSR count). The molecular weight excluding hydrogens is 316 g/mol. The van der Waals surface area contributed by atoms with Crippen molar-refractivity contribution in [2.45, 2.75) is 0 Å². The van der Waals surface area contributed by atoms with Crippen molar-refractivity contribution in [3.8, 4) is 11.5 Å². The lowest BCUT2D eigenvalue weighted by atomic mass is 10.3. The second-order valence-corrected chi connectivity index (χ2v) is 5.09. The van der Waals surface area contributed by atoms with Gasteiger partial charge in [0.2, 0.25) is 0 Å². The summed E-state index contributed by atoms with van der Waals surface area (Å²) in [6, 6.07) is 8.04. The highest BCUT2D eigenvalue weighted by atomic mass is 35.5. The van der Waals surface area contributed by atoms with Gasteiger partial charge in [0.25, 0.3) is 0 Å². The lowest BCUT2D eigenvalue weighted by Crippen LogP contribution is -1.93. The van der Waals surface area contributed by atoms with Crippen LogP contribution in [-0.4, -0.2) is 0 Å². The number of benzene rings is 2. The van der Waals surface area contributed by atoms with Crippen molar-refractivity contribution in [1.82, 2.24) is 0 Å². The summed E-state index contributed by atoms with van der Waals surface area (Å²) in [6.07, 6.45) is 0. The average Bonchev–Trinajstić information content (AvgIpc) is 2.32. The summed E-state index contributed by atoms with van der Waals surface area (Å²) >= 11 is 23.7. The van der Waals surface area contributed by atoms with Crippen LogP contribution in [0, 0.1) is 0 Å². The first kappa shape index (κ1) is 13.6. The molecule has 0 aliphatic carbocycles. The molecule has 0 aliphatic heterocycles. The molecule has 0 bridgehead atoms. The highest BCUT2D eigenvalue weighted by molar-refractivity contribution is 6.43. The van der Waals surface area contributed by atoms with Gasteiger partial charge in [0, 0.05) is 5.02 Å². The number of anilines is 1. The third-order valence-electron chi connectivity index (χ3n) is 2.19. The van der Waals surface area contributed by atoms with Gasteiger partial charge in [-0.2, -0.15) is 0 Å². The zero-order valence-corrected chi connectivity index (χ0v) is 11.9. The van der Waals surface area contributed by atoms with Crippen LogP contribution in [0.25, 0.3) is 0 Å². The first-order valence-corrected chi connectivity index (χ1v) is 6.36. The molecule has 94 valence electrons. The minimum Gasteiger partial charge on any atom is -0.452 e. The van der Waals surface area contributed by atoms with E-state index in [0.717, 1.165) is 0 Å². The van der Waals surface area contributed by atoms with Crippen molar-refractivity contribution in [3.05, 3.63) is 50.4 Å². The van der Waals surface area contributed by atoms with Crippen LogP contribution < -0.4 is 10.5 Å². The number of hydrogen-bond donors (Lipinski definition) is 1. The number of rotatable bonds is 2. The predicted molar refractivity (Wildman–Crippen MR) is 77.4 cm³/mol. The SMILES string of the molecule is Nc1ccc(Cl)c(Cl)c1Oc1ccc(Cl)cc1Cl. The topological polar surface area (TPSA) is 35.2 Å². The fourth-order valence-electron chi connectivity index (χ4n) is 1.32. The van der Waals surface area contributed by atoms with Gasteiger partial charge in [0.1, 0.15) is 10.8 Å². The molecule has 2 N–H and O–H groups in total. The molecule has 0 radical (unpaired) electrons. The van der Waals surface area contributed by atoms with E-state index in [1.807, 2.05) is 0 Å². The third-order valence-corrected chi connectivity index (χ3v) is 3.50. The van der Waals surface area contributed by atoms with Crippen LogP contribution in [-0.2, 0) is 0 Å². The van der Waals surface area contributed by atoms with Crippen LogP contribution in [0.3, 0.4) is 0 Å². The first-order chi connectivity index (χ1) is 8.49. The Hall–Kier alpha value is -0.800. The number of ether oxygens (including phenoxy) is 1. The maximum absolute atomic E-state index is 6.03. The van der Waals surface area contributed by atoms with E-state index >= 15 is 0 Å². The number of hydrogen-bond acceptors (Lipinski definition) is 2. The van der Waals surface area contributed by atoms with Crippen molar-refractivity contribution in [1.29, 1.82) is 0 Å². The van der Waals surface area contributed by atoms with Gasteiger partial charge < -0.3 is 10.5 Å². The van der Waals surface area contributed by atoms with E-state index in [0.29, 0.717) is 26.5 Å². The summed E-state index contributed by atoms with van der Waals surface area (Å²) in [5, 5.41) is 1.46. The van der Waals surface area contributed by atoms with Gasteiger partial charge in [-0.1, -0.05) is 46.4 Å². The van der Waals surface area contributed by atoms with E-state index in [1.54, 1.807) is 30.3 Å². The molecule has 6 heteroatoms. The molecule has 0 amide bonds. The summed E-state index contributed by atoms with van der Waals surface area (Å²) in [5.41, 5.74) is 6.15. The monoisotopic (exact) mass is 321 g/mol. The lowest BCUT2D eigenvalue weighted by molar-refractivity contribution is 0.485. The molecular formula is C12H7Cl4NO. The van der Waals surface area contributed by atoms with E-state index in [9.17, 15) is 0 Å². The Bertz CT molecular complexity index is 601. The maximum Gasteiger partial charge on any atom is 0.170 e. The molecule has 2 aromatic rings. The standard InChI is InChI=1S/C12H7Cl4NO/c13-6-1-4-10(8(15)5-6)18-12-9(17)3-2-7(14)11(12)16/h1-5H,17H2. The van der Waals surface area contributed by atoms with Crippen LogP contribution in [0.5, 0.6) is 11.5 Å². The second kappa shape index (κ2) is 5.45. The summed E-state index contributed by atoms with van der Waals surface area (Å²) in [4.78, 5) is 0. The van der Waals surface area contributed by atoms with Gasteiger partial charge >= 0.3 is 0 Å². The normalized spacial score (nSPS) is 10.4. The average molecular weight is 323 g/mol. The molecule has 18 heavy (non-hydrogen) atoms. The van der Waals surface area contributed by atoms with E-state index < -0.39 is 0 Å². The Morgan fingerprint density at radius 1 is 0.889 bits per heavy atom. The molecule has 0 unspecified atom stereocenters. The van der Waals surface area contributed by atoms with Gasteiger partial charge in [-0.15, -0.1) is 0 Å². The predicted octanol–water partition coefficient (Wildman–Crippen LogP) is 5.67. The molecule has 0 saturated heterocycles. The molecule has 0 spiro atoms. The lowest BCUT2D eigenvalue weighted by Gasteiger charge is -2.12. The summed E-state index contributed by atoms with van der Waals surface area (Å²) < 4.78 is 5.57. The Morgan fingerprint density at radius 3 is 2.28 bits per heavy atom. The highest BCUT2D eigenvalue weighted by Crippen LogP contribution is 2.41. The molecule has 0 heterocycles. The second-order valence-electron chi connectivity index (χ2n) is 3.46. The van der Waals surface area contributed by atoms with Crippen LogP contribution in [0.4, 0.5) is 5.69 Å². The zero-order valence-electron chi connectivity index (χ0n) is 8.88. The van der Waals surface area contributed by atoms with Crippen LogP contribution in [0.2, 0.25) is 20.1 Å². The number of halogens is 4. The van der Waals surface area contributed by atoms with Crippen molar-refractivity contribution in [3.63, 3.8) is 0 Å². The van der Waals surface area contributed by atoms with E-state index in [2.05, 4.69) is 0 Å². The number of nitrogens with two attached hydrogens (primary N) is 1. The molecule has 0 fully saturated rings. The van der Waals surface area contributed by atoms with Gasteiger partial charge in [0.05, 0.1) is 15.7 Å². The zero-order chi connectivity index (χ0) is 13.3. The molecule has 0 aliphatic rings. The Balaban J connectivity index is 2.43. The van der Waals surface area contributed by atoms with E-state index in [-0.39, 0.29) is 10.8 Å². The van der Waals surface area contributed by atoms with Crippen molar-refractivity contribution < 1.29 is 4.74 Å². The maximum atomic E-state index is 6.03. The third kappa shape index (κ3) is 2.78. The highest BCUT2D eigenvalue weighted by Gasteiger charge is 2.13. The molecule has 2 aromatic carbocycles. The number of nitrogen functional groups attached to an aromatic ring is 1. The molecule has 2 nitrogen and oxygen atoms in total. The largest absolute Gasteiger partial charge is 0.452 e. The van der Waals surface area contributed by atoms with Gasteiger partial charge in [0.15, 0.2) is 5.75 Å². The van der Waals surface area contributed by atoms with Crippen LogP contribution in [0.15, 0.2) is 30.3 Å². The molecule has 0 saturated carbocycles. The van der Waals surface area contributed by atoms with Crippen molar-refractivity contribution >= 4 is 52.1 Å². The fourth-order valence-corrected chi connectivity index (χ4v) is 2.13. The summed E-state index contributed by atoms with van der Waals surface area (Å²) in [6.45, 7) is 0. The summed E-state index contributed by atoms with van der Waals surface area (Å²) in [5.74, 6) is 0.672. The fraction of sp³-hybridized carbons (Fsp3) is 0. The van der Waals surface area contributed by atoms with E-state index in [1.165, 1.54) is 0 Å². The Morgan fingerprint density at radius 2 is 1.61 bits per heavy atom. The van der Waals surface area contributed by atoms with Crippen molar-refractivity contribution in [2.24, 2.45) is 0 Å². The minimum atomic E-state index is 0.239. The van der Waals surface area contributed by atoms with Gasteiger partial charge in [-0.25, -0.2) is 0 Å². The Kier molecular flexibility index (Phi) is 4.13. The molecule has 0 aromatic heterocycles. The van der Waals surface area contributed by atoms with E-state index in [4.69, 9.17) is 56.9 Å². The molecule has 0 atom stereocenters. The minimum absolute atomic E-state index is 0.239.